The standard InChI is InChI=1S/H6NO6P3/c1-8(2)6-10(5)7-9(3)4/h2-5H,1H2. The van der Waals surface area contributed by atoms with Gasteiger partial charge in [0.2, 0.25) is 0 Å². The Morgan fingerprint density at radius 3 is 1.80 bits per heavy atom. The molecule has 0 spiro atoms. The topological polar surface area (TPSA) is 125 Å². The van der Waals surface area contributed by atoms with Crippen LogP contribution >= 0.6 is 25.7 Å². The van der Waals surface area contributed by atoms with E-state index in [4.69, 9.17) is 19.6 Å². The van der Waals surface area contributed by atoms with Gasteiger partial charge in [0.05, 0.1) is 0 Å². The highest BCUT2D eigenvalue weighted by Gasteiger charge is 2.15. The first-order chi connectivity index (χ1) is 4.52. The van der Waals surface area contributed by atoms with Gasteiger partial charge in [0, 0.05) is 0 Å². The Labute approximate surface area is 60.4 Å². The minimum atomic E-state index is -2.67. The third kappa shape index (κ3) is 7.12. The summed E-state index contributed by atoms with van der Waals surface area (Å²) in [6, 6.07) is 0. The van der Waals surface area contributed by atoms with Crippen LogP contribution in [0.2, 0.25) is 0 Å². The van der Waals surface area contributed by atoms with Gasteiger partial charge in [-0.05, 0) is 0 Å². The lowest BCUT2D eigenvalue weighted by atomic mass is 13.9. The number of rotatable bonds is 4. The van der Waals surface area contributed by atoms with Crippen molar-refractivity contribution in [2.75, 3.05) is 0 Å². The van der Waals surface area contributed by atoms with Crippen LogP contribution in [0, 0.1) is 0 Å². The number of hydrogen-bond acceptors (Lipinski definition) is 7. The zero-order chi connectivity index (χ0) is 8.15. The fourth-order valence-corrected chi connectivity index (χ4v) is 1.61. The summed E-state index contributed by atoms with van der Waals surface area (Å²) in [4.78, 5) is 32.9. The van der Waals surface area contributed by atoms with E-state index in [-0.39, 0.29) is 0 Å². The molecule has 62 valence electrons. The first-order valence-electron chi connectivity index (χ1n) is 1.79. The molecule has 0 aliphatic carbocycles. The molecule has 0 saturated heterocycles. The highest BCUT2D eigenvalue weighted by atomic mass is 31.3. The van der Waals surface area contributed by atoms with Crippen molar-refractivity contribution in [3.8, 4) is 0 Å². The van der Waals surface area contributed by atoms with Crippen molar-refractivity contribution >= 4 is 25.7 Å². The van der Waals surface area contributed by atoms with Crippen LogP contribution in [-0.2, 0) is 8.62 Å². The van der Waals surface area contributed by atoms with Gasteiger partial charge < -0.3 is 19.6 Å². The Morgan fingerprint density at radius 1 is 1.00 bits per heavy atom. The quantitative estimate of drug-likeness (QED) is 0.399. The number of hydrogen-bond donors (Lipinski definition) is 5. The van der Waals surface area contributed by atoms with Crippen LogP contribution in [0.25, 0.3) is 0 Å². The molecule has 0 heterocycles. The molecule has 6 N–H and O–H groups in total. The van der Waals surface area contributed by atoms with E-state index < -0.39 is 25.7 Å². The van der Waals surface area contributed by atoms with Crippen molar-refractivity contribution in [1.29, 1.82) is 0 Å². The second-order valence-electron chi connectivity index (χ2n) is 0.956. The normalized spacial score (nSPS) is 17.4. The molecule has 2 unspecified atom stereocenters. The molecule has 10 heavy (non-hydrogen) atoms. The monoisotopic (exact) mass is 209 g/mol. The summed E-state index contributed by atoms with van der Waals surface area (Å²) in [5.41, 5.74) is 4.69. The maximum atomic E-state index is 8.48. The van der Waals surface area contributed by atoms with Crippen LogP contribution in [0.15, 0.2) is 0 Å². The van der Waals surface area contributed by atoms with Crippen molar-refractivity contribution in [1.82, 2.24) is 0 Å². The molecule has 0 rings (SSSR count). The molecule has 0 aromatic rings. The molecule has 0 radical (unpaired) electrons. The van der Waals surface area contributed by atoms with Gasteiger partial charge in [0.25, 0.3) is 8.53 Å². The molecular weight excluding hydrogens is 203 g/mol. The Bertz CT molecular complexity index is 75.1. The Kier molecular flexibility index (Phi) is 6.20. The van der Waals surface area contributed by atoms with Crippen molar-refractivity contribution in [3.05, 3.63) is 0 Å². The van der Waals surface area contributed by atoms with E-state index >= 15 is 0 Å². The molecule has 0 aliphatic heterocycles. The summed E-state index contributed by atoms with van der Waals surface area (Å²) in [5.74, 6) is 0. The second-order valence-corrected chi connectivity index (χ2v) is 3.85. The van der Waals surface area contributed by atoms with E-state index in [9.17, 15) is 0 Å². The summed E-state index contributed by atoms with van der Waals surface area (Å²) in [7, 11) is -7.38. The van der Waals surface area contributed by atoms with Gasteiger partial charge in [-0.15, -0.1) is 0 Å². The van der Waals surface area contributed by atoms with Crippen molar-refractivity contribution in [2.24, 2.45) is 5.50 Å². The minimum absolute atomic E-state index is 2.23. The van der Waals surface area contributed by atoms with Gasteiger partial charge in [-0.3, -0.25) is 5.50 Å². The summed E-state index contributed by atoms with van der Waals surface area (Å²) >= 11 is 0. The van der Waals surface area contributed by atoms with Crippen LogP contribution in [-0.4, -0.2) is 19.6 Å². The smallest absolute Gasteiger partial charge is 0.338 e. The predicted octanol–water partition coefficient (Wildman–Crippen LogP) is -0.372. The maximum Gasteiger partial charge on any atom is 0.343 e. The molecule has 0 aliphatic rings. The summed E-state index contributed by atoms with van der Waals surface area (Å²) in [6.45, 7) is 0. The summed E-state index contributed by atoms with van der Waals surface area (Å²) in [6.07, 6.45) is 0. The van der Waals surface area contributed by atoms with E-state index in [0.717, 1.165) is 0 Å². The minimum Gasteiger partial charge on any atom is -0.338 e. The highest BCUT2D eigenvalue weighted by molar-refractivity contribution is 7.60. The van der Waals surface area contributed by atoms with Crippen LogP contribution in [0.1, 0.15) is 0 Å². The van der Waals surface area contributed by atoms with Crippen molar-refractivity contribution in [3.63, 3.8) is 0 Å². The second kappa shape index (κ2) is 5.63. The SMILES string of the molecule is NP(O)OP(O)OP(O)O. The Morgan fingerprint density at radius 2 is 1.50 bits per heavy atom. The molecule has 2 atom stereocenters. The average Bonchev–Trinajstić information content (AvgIpc) is 1.58. The van der Waals surface area contributed by atoms with E-state index in [1.165, 1.54) is 0 Å². The van der Waals surface area contributed by atoms with Crippen LogP contribution in [0.3, 0.4) is 0 Å². The zero-order valence-electron chi connectivity index (χ0n) is 4.52. The first kappa shape index (κ1) is 11.0. The van der Waals surface area contributed by atoms with E-state index in [2.05, 4.69) is 14.1 Å². The first-order valence-corrected chi connectivity index (χ1v) is 5.37. The van der Waals surface area contributed by atoms with Gasteiger partial charge >= 0.3 is 17.2 Å². The lowest BCUT2D eigenvalue weighted by Crippen LogP contribution is -1.89. The van der Waals surface area contributed by atoms with Crippen LogP contribution < -0.4 is 5.50 Å². The van der Waals surface area contributed by atoms with Gasteiger partial charge in [-0.25, -0.2) is 8.62 Å². The van der Waals surface area contributed by atoms with E-state index in [1.807, 2.05) is 0 Å². The predicted molar refractivity (Wildman–Crippen MR) is 36.0 cm³/mol. The average molecular weight is 209 g/mol. The largest absolute Gasteiger partial charge is 0.343 e. The molecule has 0 fully saturated rings. The fraction of sp³-hybridized carbons (Fsp3) is 0. The van der Waals surface area contributed by atoms with Crippen molar-refractivity contribution < 1.29 is 28.2 Å². The lowest BCUT2D eigenvalue weighted by Gasteiger charge is -2.10. The summed E-state index contributed by atoms with van der Waals surface area (Å²) < 4.78 is 7.96. The third-order valence-corrected chi connectivity index (χ3v) is 2.67. The van der Waals surface area contributed by atoms with Gasteiger partial charge in [0.15, 0.2) is 0 Å². The highest BCUT2D eigenvalue weighted by Crippen LogP contribution is 2.52. The van der Waals surface area contributed by atoms with Gasteiger partial charge in [0.1, 0.15) is 0 Å². The third-order valence-electron chi connectivity index (χ3n) is 0.296. The van der Waals surface area contributed by atoms with E-state index in [1.54, 1.807) is 0 Å². The molecule has 0 aromatic heterocycles. The van der Waals surface area contributed by atoms with Gasteiger partial charge in [-0.1, -0.05) is 0 Å². The molecule has 0 amide bonds. The Hall–Kier alpha value is 1.01. The molecule has 10 heteroatoms. The zero-order valence-corrected chi connectivity index (χ0v) is 7.21. The fourth-order valence-electron chi connectivity index (χ4n) is 0.149. The molecule has 7 nitrogen and oxygen atoms in total. The molecule has 0 bridgehead atoms. The van der Waals surface area contributed by atoms with Gasteiger partial charge in [-0.2, -0.15) is 0 Å². The maximum absolute atomic E-state index is 8.48. The summed E-state index contributed by atoms with van der Waals surface area (Å²) in [5, 5.41) is 0. The number of nitrogens with two attached hydrogens (primary N) is 1. The van der Waals surface area contributed by atoms with Crippen LogP contribution in [0.5, 0.6) is 0 Å². The molecular formula is H6NO6P3. The Balaban J connectivity index is 3.34. The van der Waals surface area contributed by atoms with Crippen LogP contribution in [0.4, 0.5) is 0 Å². The molecule has 0 aromatic carbocycles. The lowest BCUT2D eigenvalue weighted by molar-refractivity contribution is 0.327. The molecule has 0 saturated carbocycles. The van der Waals surface area contributed by atoms with Crippen molar-refractivity contribution in [2.45, 2.75) is 0 Å². The van der Waals surface area contributed by atoms with E-state index in [0.29, 0.717) is 0 Å².